The minimum atomic E-state index is -0.116. The topological polar surface area (TPSA) is 49.4 Å². The van der Waals surface area contributed by atoms with Crippen molar-refractivity contribution in [1.29, 1.82) is 0 Å². The van der Waals surface area contributed by atoms with Crippen LogP contribution in [0.1, 0.15) is 18.9 Å². The zero-order valence-electron chi connectivity index (χ0n) is 13.7. The van der Waals surface area contributed by atoms with Crippen molar-refractivity contribution in [3.05, 3.63) is 65.2 Å². The van der Waals surface area contributed by atoms with Crippen LogP contribution in [0.3, 0.4) is 0 Å². The second kappa shape index (κ2) is 9.08. The molecule has 2 aromatic carbocycles. The summed E-state index contributed by atoms with van der Waals surface area (Å²) in [4.78, 5) is 25.4. The maximum atomic E-state index is 12.0. The summed E-state index contributed by atoms with van der Waals surface area (Å²) in [5.41, 5.74) is 1.88. The number of nitrogens with one attached hydrogen (secondary N) is 1. The molecular formula is C19H21ClN2O2. The quantitative estimate of drug-likeness (QED) is 0.836. The highest BCUT2D eigenvalue weighted by Gasteiger charge is 2.13. The first-order valence-corrected chi connectivity index (χ1v) is 8.28. The maximum Gasteiger partial charge on any atom is 0.223 e. The van der Waals surface area contributed by atoms with Gasteiger partial charge in [-0.25, -0.2) is 0 Å². The number of halogens is 1. The molecule has 0 fully saturated rings. The molecule has 0 heterocycles. The molecule has 0 saturated carbocycles. The summed E-state index contributed by atoms with van der Waals surface area (Å²) >= 11 is 5.97. The molecule has 24 heavy (non-hydrogen) atoms. The molecule has 0 radical (unpaired) electrons. The summed E-state index contributed by atoms with van der Waals surface area (Å²) in [6, 6.07) is 17.0. The largest absolute Gasteiger partial charge is 0.356 e. The van der Waals surface area contributed by atoms with Crippen LogP contribution in [0.5, 0.6) is 0 Å². The number of carbonyl (C=O) groups excluding carboxylic acids is 2. The molecule has 0 atom stereocenters. The first-order chi connectivity index (χ1) is 11.6. The Morgan fingerprint density at radius 3 is 2.50 bits per heavy atom. The molecule has 0 bridgehead atoms. The van der Waals surface area contributed by atoms with Gasteiger partial charge in [0.1, 0.15) is 0 Å². The zero-order chi connectivity index (χ0) is 17.4. The Hall–Kier alpha value is -2.33. The molecule has 0 aliphatic heterocycles. The summed E-state index contributed by atoms with van der Waals surface area (Å²) in [6.07, 6.45) is 1.04. The Morgan fingerprint density at radius 2 is 1.83 bits per heavy atom. The van der Waals surface area contributed by atoms with E-state index in [1.54, 1.807) is 29.2 Å². The van der Waals surface area contributed by atoms with Crippen LogP contribution in [-0.2, 0) is 16.0 Å². The maximum absolute atomic E-state index is 12.0. The average Bonchev–Trinajstić information content (AvgIpc) is 2.56. The van der Waals surface area contributed by atoms with Gasteiger partial charge in [-0.05, 0) is 30.2 Å². The average molecular weight is 345 g/mol. The van der Waals surface area contributed by atoms with E-state index < -0.39 is 0 Å². The van der Waals surface area contributed by atoms with Crippen LogP contribution >= 0.6 is 11.6 Å². The predicted molar refractivity (Wildman–Crippen MR) is 97.3 cm³/mol. The fraction of sp³-hybridized carbons (Fsp3) is 0.263. The van der Waals surface area contributed by atoms with E-state index in [4.69, 9.17) is 11.6 Å². The van der Waals surface area contributed by atoms with Gasteiger partial charge in [0.25, 0.3) is 0 Å². The minimum absolute atomic E-state index is 0.0702. The highest BCUT2D eigenvalue weighted by molar-refractivity contribution is 6.30. The van der Waals surface area contributed by atoms with Crippen molar-refractivity contribution < 1.29 is 9.59 Å². The van der Waals surface area contributed by atoms with Gasteiger partial charge in [0.15, 0.2) is 0 Å². The molecule has 0 aromatic heterocycles. The summed E-state index contributed by atoms with van der Waals surface area (Å²) in [5.74, 6) is -0.187. The number of nitrogens with zero attached hydrogens (tertiary/aromatic N) is 1. The lowest BCUT2D eigenvalue weighted by molar-refractivity contribution is -0.121. The van der Waals surface area contributed by atoms with Gasteiger partial charge >= 0.3 is 0 Å². The Morgan fingerprint density at radius 1 is 1.08 bits per heavy atom. The summed E-state index contributed by atoms with van der Waals surface area (Å²) in [7, 11) is 0. The number of rotatable bonds is 7. The SMILES string of the molecule is CC(=O)N(CCC(=O)NCCc1ccccc1)c1cccc(Cl)c1. The van der Waals surface area contributed by atoms with Crippen LogP contribution in [0, 0.1) is 0 Å². The van der Waals surface area contributed by atoms with Crippen molar-refractivity contribution in [1.82, 2.24) is 5.32 Å². The monoisotopic (exact) mass is 344 g/mol. The van der Waals surface area contributed by atoms with Crippen LogP contribution in [0.4, 0.5) is 5.69 Å². The van der Waals surface area contributed by atoms with Crippen LogP contribution in [0.15, 0.2) is 54.6 Å². The van der Waals surface area contributed by atoms with Crippen LogP contribution in [0.2, 0.25) is 5.02 Å². The summed E-state index contributed by atoms with van der Waals surface area (Å²) in [6.45, 7) is 2.39. The van der Waals surface area contributed by atoms with E-state index in [0.29, 0.717) is 23.8 Å². The molecule has 5 heteroatoms. The molecule has 0 saturated heterocycles. The first kappa shape index (κ1) is 18.0. The molecule has 0 aliphatic carbocycles. The predicted octanol–water partition coefficient (Wildman–Crippen LogP) is 3.44. The van der Waals surface area contributed by atoms with Crippen LogP contribution < -0.4 is 10.2 Å². The lowest BCUT2D eigenvalue weighted by Gasteiger charge is -2.21. The molecule has 0 aliphatic rings. The Kier molecular flexibility index (Phi) is 6.82. The third kappa shape index (κ3) is 5.70. The molecule has 2 amide bonds. The standard InChI is InChI=1S/C19H21ClN2O2/c1-15(23)22(18-9-5-8-17(20)14-18)13-11-19(24)21-12-10-16-6-3-2-4-7-16/h2-9,14H,10-13H2,1H3,(H,21,24). The van der Waals surface area contributed by atoms with Gasteiger partial charge in [-0.15, -0.1) is 0 Å². The minimum Gasteiger partial charge on any atom is -0.356 e. The lowest BCUT2D eigenvalue weighted by Crippen LogP contribution is -2.34. The fourth-order valence-electron chi connectivity index (χ4n) is 2.41. The third-order valence-electron chi connectivity index (χ3n) is 3.64. The number of carbonyl (C=O) groups is 2. The molecule has 126 valence electrons. The number of amides is 2. The van der Waals surface area contributed by atoms with Gasteiger partial charge in [-0.1, -0.05) is 48.0 Å². The Bertz CT molecular complexity index is 689. The van der Waals surface area contributed by atoms with Gasteiger partial charge < -0.3 is 10.2 Å². The second-order valence-corrected chi connectivity index (χ2v) is 5.92. The van der Waals surface area contributed by atoms with Crippen molar-refractivity contribution in [3.63, 3.8) is 0 Å². The van der Waals surface area contributed by atoms with Crippen LogP contribution in [-0.4, -0.2) is 24.9 Å². The fourth-order valence-corrected chi connectivity index (χ4v) is 2.59. The van der Waals surface area contributed by atoms with Crippen molar-refractivity contribution >= 4 is 29.1 Å². The number of hydrogen-bond donors (Lipinski definition) is 1. The zero-order valence-corrected chi connectivity index (χ0v) is 14.4. The molecule has 2 rings (SSSR count). The van der Waals surface area contributed by atoms with E-state index in [-0.39, 0.29) is 18.2 Å². The highest BCUT2D eigenvalue weighted by Crippen LogP contribution is 2.19. The van der Waals surface area contributed by atoms with Crippen LogP contribution in [0.25, 0.3) is 0 Å². The van der Waals surface area contributed by atoms with Crippen molar-refractivity contribution in [2.24, 2.45) is 0 Å². The summed E-state index contributed by atoms with van der Waals surface area (Å²) in [5, 5.41) is 3.45. The van der Waals surface area contributed by atoms with E-state index in [1.165, 1.54) is 12.5 Å². The summed E-state index contributed by atoms with van der Waals surface area (Å²) < 4.78 is 0. The van der Waals surface area contributed by atoms with Crippen molar-refractivity contribution in [2.75, 3.05) is 18.0 Å². The molecule has 0 unspecified atom stereocenters. The van der Waals surface area contributed by atoms with E-state index in [0.717, 1.165) is 6.42 Å². The Labute approximate surface area is 147 Å². The van der Waals surface area contributed by atoms with Gasteiger partial charge in [0.05, 0.1) is 0 Å². The molecule has 4 nitrogen and oxygen atoms in total. The van der Waals surface area contributed by atoms with Gasteiger partial charge in [0, 0.05) is 37.1 Å². The van der Waals surface area contributed by atoms with Gasteiger partial charge in [-0.2, -0.15) is 0 Å². The number of anilines is 1. The first-order valence-electron chi connectivity index (χ1n) is 7.90. The Balaban J connectivity index is 1.81. The second-order valence-electron chi connectivity index (χ2n) is 5.49. The number of benzene rings is 2. The van der Waals surface area contributed by atoms with Gasteiger partial charge in [0.2, 0.25) is 11.8 Å². The van der Waals surface area contributed by atoms with E-state index >= 15 is 0 Å². The van der Waals surface area contributed by atoms with E-state index in [9.17, 15) is 9.59 Å². The van der Waals surface area contributed by atoms with Gasteiger partial charge in [-0.3, -0.25) is 9.59 Å². The normalized spacial score (nSPS) is 10.2. The molecule has 0 spiro atoms. The molecular weight excluding hydrogens is 324 g/mol. The van der Waals surface area contributed by atoms with Crippen molar-refractivity contribution in [2.45, 2.75) is 19.8 Å². The number of hydrogen-bond acceptors (Lipinski definition) is 2. The van der Waals surface area contributed by atoms with E-state index in [2.05, 4.69) is 5.32 Å². The highest BCUT2D eigenvalue weighted by atomic mass is 35.5. The van der Waals surface area contributed by atoms with E-state index in [1.807, 2.05) is 30.3 Å². The third-order valence-corrected chi connectivity index (χ3v) is 3.88. The molecule has 2 aromatic rings. The smallest absolute Gasteiger partial charge is 0.223 e. The van der Waals surface area contributed by atoms with Crippen molar-refractivity contribution in [3.8, 4) is 0 Å². The molecule has 1 N–H and O–H groups in total. The lowest BCUT2D eigenvalue weighted by atomic mass is 10.1.